The fraction of sp³-hybridized carbons (Fsp3) is 0.538. The van der Waals surface area contributed by atoms with Gasteiger partial charge in [-0.3, -0.25) is 0 Å². The summed E-state index contributed by atoms with van der Waals surface area (Å²) in [5, 5.41) is 3.36. The zero-order valence-corrected chi connectivity index (χ0v) is 11.1. The van der Waals surface area contributed by atoms with Crippen molar-refractivity contribution in [1.29, 1.82) is 0 Å². The fourth-order valence-corrected chi connectivity index (χ4v) is 3.16. The maximum absolute atomic E-state index is 11.5. The molecule has 94 valence electrons. The van der Waals surface area contributed by atoms with Crippen molar-refractivity contribution in [1.82, 2.24) is 5.32 Å². The van der Waals surface area contributed by atoms with Crippen LogP contribution in [0.3, 0.4) is 0 Å². The van der Waals surface area contributed by atoms with Crippen molar-refractivity contribution >= 4 is 9.84 Å². The zero-order valence-electron chi connectivity index (χ0n) is 10.3. The molecule has 1 N–H and O–H groups in total. The molecule has 1 aromatic carbocycles. The van der Waals surface area contributed by atoms with Gasteiger partial charge in [-0.05, 0) is 49.0 Å². The van der Waals surface area contributed by atoms with E-state index in [9.17, 15) is 8.42 Å². The minimum Gasteiger partial charge on any atom is -0.316 e. The van der Waals surface area contributed by atoms with Crippen molar-refractivity contribution < 1.29 is 8.42 Å². The molecule has 2 unspecified atom stereocenters. The summed E-state index contributed by atoms with van der Waals surface area (Å²) in [5.41, 5.74) is 1.15. The Kier molecular flexibility index (Phi) is 3.54. The number of hydrogen-bond donors (Lipinski definition) is 1. The standard InChI is InChI=1S/C13H19NO2S/c1-10-9-14-7-6-13(10)11-4-3-5-12(8-11)17(2,15)16/h3-5,8,10,13-14H,6-7,9H2,1-2H3. The van der Waals surface area contributed by atoms with E-state index in [0.29, 0.717) is 16.7 Å². The van der Waals surface area contributed by atoms with Crippen LogP contribution in [-0.4, -0.2) is 27.8 Å². The van der Waals surface area contributed by atoms with Gasteiger partial charge >= 0.3 is 0 Å². The first kappa shape index (κ1) is 12.6. The molecule has 1 heterocycles. The van der Waals surface area contributed by atoms with Crippen LogP contribution >= 0.6 is 0 Å². The van der Waals surface area contributed by atoms with Crippen LogP contribution in [0.4, 0.5) is 0 Å². The van der Waals surface area contributed by atoms with Gasteiger partial charge in [-0.2, -0.15) is 0 Å². The highest BCUT2D eigenvalue weighted by molar-refractivity contribution is 7.90. The Labute approximate surface area is 103 Å². The number of sulfone groups is 1. The van der Waals surface area contributed by atoms with Crippen LogP contribution in [0.2, 0.25) is 0 Å². The molecule has 3 nitrogen and oxygen atoms in total. The fourth-order valence-electron chi connectivity index (χ4n) is 2.49. The highest BCUT2D eigenvalue weighted by Crippen LogP contribution is 2.30. The van der Waals surface area contributed by atoms with E-state index in [0.717, 1.165) is 25.1 Å². The summed E-state index contributed by atoms with van der Waals surface area (Å²) < 4.78 is 23.1. The summed E-state index contributed by atoms with van der Waals surface area (Å²) in [7, 11) is -3.10. The van der Waals surface area contributed by atoms with Gasteiger partial charge < -0.3 is 5.32 Å². The average Bonchev–Trinajstić information content (AvgIpc) is 2.29. The van der Waals surface area contributed by atoms with Gasteiger partial charge in [0.15, 0.2) is 9.84 Å². The molecular formula is C13H19NO2S. The van der Waals surface area contributed by atoms with E-state index in [1.54, 1.807) is 6.07 Å². The third-order valence-corrected chi connectivity index (χ3v) is 4.61. The van der Waals surface area contributed by atoms with Crippen LogP contribution in [0.1, 0.15) is 24.8 Å². The SMILES string of the molecule is CC1CNCCC1c1cccc(S(C)(=O)=O)c1. The van der Waals surface area contributed by atoms with Gasteiger partial charge in [-0.25, -0.2) is 8.42 Å². The van der Waals surface area contributed by atoms with Crippen LogP contribution in [0, 0.1) is 5.92 Å². The van der Waals surface area contributed by atoms with Gasteiger partial charge in [0.05, 0.1) is 4.90 Å². The van der Waals surface area contributed by atoms with E-state index >= 15 is 0 Å². The van der Waals surface area contributed by atoms with E-state index < -0.39 is 9.84 Å². The molecule has 1 aromatic rings. The Morgan fingerprint density at radius 1 is 1.35 bits per heavy atom. The molecule has 0 amide bonds. The van der Waals surface area contributed by atoms with Crippen molar-refractivity contribution in [2.24, 2.45) is 5.92 Å². The Balaban J connectivity index is 2.33. The molecule has 1 aliphatic heterocycles. The van der Waals surface area contributed by atoms with Crippen molar-refractivity contribution in [3.8, 4) is 0 Å². The first-order valence-corrected chi connectivity index (χ1v) is 7.88. The predicted octanol–water partition coefficient (Wildman–Crippen LogP) is 1.80. The normalized spacial score (nSPS) is 25.8. The second-order valence-electron chi connectivity index (χ2n) is 4.92. The van der Waals surface area contributed by atoms with Crippen LogP contribution in [-0.2, 0) is 9.84 Å². The first-order valence-electron chi connectivity index (χ1n) is 5.99. The van der Waals surface area contributed by atoms with Gasteiger partial charge in [0.25, 0.3) is 0 Å². The summed E-state index contributed by atoms with van der Waals surface area (Å²) in [4.78, 5) is 0.431. The predicted molar refractivity (Wildman–Crippen MR) is 68.9 cm³/mol. The van der Waals surface area contributed by atoms with Gasteiger partial charge in [-0.15, -0.1) is 0 Å². The molecule has 0 aromatic heterocycles. The van der Waals surface area contributed by atoms with Gasteiger partial charge in [-0.1, -0.05) is 19.1 Å². The Hall–Kier alpha value is -0.870. The molecule has 1 aliphatic rings. The smallest absolute Gasteiger partial charge is 0.175 e. The molecule has 17 heavy (non-hydrogen) atoms. The lowest BCUT2D eigenvalue weighted by molar-refractivity contribution is 0.349. The van der Waals surface area contributed by atoms with Crippen LogP contribution in [0.15, 0.2) is 29.2 Å². The lowest BCUT2D eigenvalue weighted by atomic mass is 9.82. The number of piperidine rings is 1. The molecule has 0 radical (unpaired) electrons. The summed E-state index contributed by atoms with van der Waals surface area (Å²) in [6, 6.07) is 7.40. The van der Waals surface area contributed by atoms with Crippen molar-refractivity contribution in [3.05, 3.63) is 29.8 Å². The van der Waals surface area contributed by atoms with E-state index in [-0.39, 0.29) is 0 Å². The highest BCUT2D eigenvalue weighted by Gasteiger charge is 2.23. The molecule has 0 saturated carbocycles. The Bertz CT molecular complexity index is 496. The van der Waals surface area contributed by atoms with Gasteiger partial charge in [0.2, 0.25) is 0 Å². The lowest BCUT2D eigenvalue weighted by Gasteiger charge is -2.30. The van der Waals surface area contributed by atoms with Crippen molar-refractivity contribution in [2.75, 3.05) is 19.3 Å². The van der Waals surface area contributed by atoms with Crippen LogP contribution in [0.5, 0.6) is 0 Å². The van der Waals surface area contributed by atoms with E-state index in [2.05, 4.69) is 12.2 Å². The van der Waals surface area contributed by atoms with E-state index in [1.807, 2.05) is 18.2 Å². The first-order chi connectivity index (χ1) is 7.98. The molecule has 2 atom stereocenters. The number of hydrogen-bond acceptors (Lipinski definition) is 3. The molecule has 0 bridgehead atoms. The monoisotopic (exact) mass is 253 g/mol. The molecular weight excluding hydrogens is 234 g/mol. The second-order valence-corrected chi connectivity index (χ2v) is 6.94. The molecule has 2 rings (SSSR count). The number of nitrogens with one attached hydrogen (secondary N) is 1. The van der Waals surface area contributed by atoms with Gasteiger partial charge in [0.1, 0.15) is 0 Å². The summed E-state index contributed by atoms with van der Waals surface area (Å²) in [6.07, 6.45) is 2.34. The van der Waals surface area contributed by atoms with Crippen molar-refractivity contribution in [3.63, 3.8) is 0 Å². The molecule has 0 aliphatic carbocycles. The average molecular weight is 253 g/mol. The van der Waals surface area contributed by atoms with Crippen LogP contribution in [0.25, 0.3) is 0 Å². The van der Waals surface area contributed by atoms with E-state index in [4.69, 9.17) is 0 Å². The maximum Gasteiger partial charge on any atom is 0.175 e. The minimum atomic E-state index is -3.10. The quantitative estimate of drug-likeness (QED) is 0.874. The topological polar surface area (TPSA) is 46.2 Å². The maximum atomic E-state index is 11.5. The van der Waals surface area contributed by atoms with E-state index in [1.165, 1.54) is 6.26 Å². The summed E-state index contributed by atoms with van der Waals surface area (Å²) in [6.45, 7) is 4.23. The number of rotatable bonds is 2. The third-order valence-electron chi connectivity index (χ3n) is 3.50. The highest BCUT2D eigenvalue weighted by atomic mass is 32.2. The minimum absolute atomic E-state index is 0.431. The molecule has 4 heteroatoms. The Morgan fingerprint density at radius 3 is 2.76 bits per heavy atom. The second kappa shape index (κ2) is 4.78. The Morgan fingerprint density at radius 2 is 2.12 bits per heavy atom. The molecule has 1 saturated heterocycles. The van der Waals surface area contributed by atoms with Crippen LogP contribution < -0.4 is 5.32 Å². The third kappa shape index (κ3) is 2.87. The molecule has 1 fully saturated rings. The summed E-state index contributed by atoms with van der Waals surface area (Å²) >= 11 is 0. The number of benzene rings is 1. The lowest BCUT2D eigenvalue weighted by Crippen LogP contribution is -2.33. The zero-order chi connectivity index (χ0) is 12.5. The van der Waals surface area contributed by atoms with Crippen molar-refractivity contribution in [2.45, 2.75) is 24.2 Å². The largest absolute Gasteiger partial charge is 0.316 e. The summed E-state index contributed by atoms with van der Waals surface area (Å²) in [5.74, 6) is 1.02. The van der Waals surface area contributed by atoms with Gasteiger partial charge in [0, 0.05) is 6.26 Å². The molecule has 0 spiro atoms.